The normalized spacial score (nSPS) is 15.2. The zero-order valence-corrected chi connectivity index (χ0v) is 11.3. The van der Waals surface area contributed by atoms with Gasteiger partial charge in [-0.3, -0.25) is 14.4 Å². The predicted octanol–water partition coefficient (Wildman–Crippen LogP) is -0.502. The maximum absolute atomic E-state index is 11.9. The van der Waals surface area contributed by atoms with Crippen LogP contribution in [0.1, 0.15) is 12.8 Å². The lowest BCUT2D eigenvalue weighted by Crippen LogP contribution is -2.54. The fourth-order valence-corrected chi connectivity index (χ4v) is 1.68. The van der Waals surface area contributed by atoms with Crippen molar-refractivity contribution < 1.29 is 34.2 Å². The number of rotatable bonds is 8. The van der Waals surface area contributed by atoms with Crippen LogP contribution in [-0.2, 0) is 14.4 Å². The molecule has 0 bridgehead atoms. The number of hydrogen-bond donors (Lipinski definition) is 3. The van der Waals surface area contributed by atoms with Gasteiger partial charge in [0.2, 0.25) is 0 Å². The van der Waals surface area contributed by atoms with E-state index in [1.807, 2.05) is 0 Å². The quantitative estimate of drug-likeness (QED) is 0.406. The maximum atomic E-state index is 11.9. The summed E-state index contributed by atoms with van der Waals surface area (Å²) >= 11 is 0. The highest BCUT2D eigenvalue weighted by molar-refractivity contribution is 5.99. The molecule has 0 heterocycles. The van der Waals surface area contributed by atoms with Gasteiger partial charge in [0, 0.05) is 0 Å². The maximum Gasteiger partial charge on any atom is 0.307 e. The van der Waals surface area contributed by atoms with E-state index in [1.165, 1.54) is 0 Å². The number of carboxylic acids is 2. The van der Waals surface area contributed by atoms with Crippen LogP contribution < -0.4 is 0 Å². The van der Waals surface area contributed by atoms with Crippen molar-refractivity contribution in [3.63, 3.8) is 0 Å². The summed E-state index contributed by atoms with van der Waals surface area (Å²) < 4.78 is 0.197. The monoisotopic (exact) mass is 274 g/mol. The average Bonchev–Trinajstić information content (AvgIpc) is 2.11. The van der Waals surface area contributed by atoms with Crippen LogP contribution in [0.3, 0.4) is 0 Å². The first-order valence-electron chi connectivity index (χ1n) is 5.64. The smallest absolute Gasteiger partial charge is 0.307 e. The summed E-state index contributed by atoms with van der Waals surface area (Å²) in [6, 6.07) is 0. The lowest BCUT2D eigenvalue weighted by molar-refractivity contribution is -0.875. The number of aliphatic hydroxyl groups is 1. The molecule has 3 N–H and O–H groups in total. The second-order valence-electron chi connectivity index (χ2n) is 5.42. The topological polar surface area (TPSA) is 112 Å². The third kappa shape index (κ3) is 7.32. The van der Waals surface area contributed by atoms with Gasteiger partial charge in [-0.1, -0.05) is 6.08 Å². The molecule has 0 aromatic carbocycles. The van der Waals surface area contributed by atoms with Gasteiger partial charge in [-0.05, 0) is 6.08 Å². The second-order valence-corrected chi connectivity index (χ2v) is 5.42. The lowest BCUT2D eigenvalue weighted by Gasteiger charge is -2.33. The van der Waals surface area contributed by atoms with Gasteiger partial charge < -0.3 is 19.8 Å². The van der Waals surface area contributed by atoms with Crippen molar-refractivity contribution in [3.05, 3.63) is 12.2 Å². The molecule has 7 nitrogen and oxygen atoms in total. The summed E-state index contributed by atoms with van der Waals surface area (Å²) in [4.78, 5) is 32.9. The van der Waals surface area contributed by atoms with Gasteiger partial charge in [0.1, 0.15) is 6.54 Å². The number of aliphatic carboxylic acids is 2. The summed E-state index contributed by atoms with van der Waals surface area (Å²) in [5.74, 6) is -3.21. The molecule has 0 fully saturated rings. The average molecular weight is 274 g/mol. The third-order valence-electron chi connectivity index (χ3n) is 2.20. The molecule has 108 valence electrons. The number of quaternary nitrogens is 1. The van der Waals surface area contributed by atoms with Crippen LogP contribution in [0.5, 0.6) is 0 Å². The van der Waals surface area contributed by atoms with Crippen molar-refractivity contribution in [1.82, 2.24) is 0 Å². The molecule has 0 saturated heterocycles. The van der Waals surface area contributed by atoms with Crippen LogP contribution in [-0.4, -0.2) is 70.8 Å². The Bertz CT molecular complexity index is 396. The fraction of sp³-hybridized carbons (Fsp3) is 0.583. The minimum Gasteiger partial charge on any atom is -0.481 e. The van der Waals surface area contributed by atoms with Crippen molar-refractivity contribution in [2.75, 3.05) is 27.7 Å². The molecular formula is C12H20NO6+. The number of carbonyl (C=O) groups is 3. The first kappa shape index (κ1) is 17.3. The molecule has 0 aromatic heterocycles. The van der Waals surface area contributed by atoms with Gasteiger partial charge >= 0.3 is 11.9 Å². The first-order valence-corrected chi connectivity index (χ1v) is 5.64. The zero-order valence-electron chi connectivity index (χ0n) is 11.3. The van der Waals surface area contributed by atoms with Crippen molar-refractivity contribution in [2.24, 2.45) is 0 Å². The predicted molar refractivity (Wildman–Crippen MR) is 66.5 cm³/mol. The van der Waals surface area contributed by atoms with Crippen LogP contribution in [0.25, 0.3) is 0 Å². The highest BCUT2D eigenvalue weighted by Crippen LogP contribution is 2.17. The molecule has 0 saturated carbocycles. The van der Waals surface area contributed by atoms with Crippen LogP contribution >= 0.6 is 0 Å². The van der Waals surface area contributed by atoms with E-state index in [4.69, 9.17) is 10.2 Å². The van der Waals surface area contributed by atoms with E-state index in [-0.39, 0.29) is 17.4 Å². The van der Waals surface area contributed by atoms with Crippen molar-refractivity contribution in [1.29, 1.82) is 0 Å². The highest BCUT2D eigenvalue weighted by atomic mass is 16.4. The Hall–Kier alpha value is -1.73. The summed E-state index contributed by atoms with van der Waals surface area (Å²) in [5.41, 5.74) is -2.04. The Morgan fingerprint density at radius 3 is 2.00 bits per heavy atom. The zero-order chi connectivity index (χ0) is 15.3. The van der Waals surface area contributed by atoms with E-state index in [1.54, 1.807) is 21.1 Å². The minimum atomic E-state index is -2.04. The first-order chi connectivity index (χ1) is 8.46. The van der Waals surface area contributed by atoms with Gasteiger partial charge in [0.15, 0.2) is 11.4 Å². The molecule has 0 spiro atoms. The molecule has 0 aromatic rings. The van der Waals surface area contributed by atoms with E-state index in [2.05, 4.69) is 0 Å². The third-order valence-corrected chi connectivity index (χ3v) is 2.20. The Labute approximate surface area is 111 Å². The molecule has 19 heavy (non-hydrogen) atoms. The molecule has 1 atom stereocenters. The number of hydrogen-bond acceptors (Lipinski definition) is 4. The number of nitrogens with zero attached hydrogens (tertiary/aromatic N) is 1. The van der Waals surface area contributed by atoms with Gasteiger partial charge in [0.05, 0.1) is 34.0 Å². The Balaban J connectivity index is 5.02. The van der Waals surface area contributed by atoms with Crippen LogP contribution in [0, 0.1) is 0 Å². The van der Waals surface area contributed by atoms with Crippen molar-refractivity contribution in [2.45, 2.75) is 18.4 Å². The van der Waals surface area contributed by atoms with Crippen molar-refractivity contribution in [3.8, 4) is 0 Å². The Morgan fingerprint density at radius 2 is 1.63 bits per heavy atom. The van der Waals surface area contributed by atoms with Crippen LogP contribution in [0.15, 0.2) is 12.2 Å². The van der Waals surface area contributed by atoms with Crippen molar-refractivity contribution >= 4 is 17.7 Å². The highest BCUT2D eigenvalue weighted by Gasteiger charge is 2.41. The number of carbonyl (C=O) groups excluding carboxylic acids is 1. The molecular weight excluding hydrogens is 254 g/mol. The summed E-state index contributed by atoms with van der Waals surface area (Å²) in [7, 11) is 5.13. The van der Waals surface area contributed by atoms with Gasteiger partial charge in [0.25, 0.3) is 0 Å². The van der Waals surface area contributed by atoms with Crippen LogP contribution in [0.4, 0.5) is 0 Å². The van der Waals surface area contributed by atoms with Gasteiger partial charge in [-0.25, -0.2) is 0 Å². The van der Waals surface area contributed by atoms with E-state index in [0.29, 0.717) is 0 Å². The molecule has 1 unspecified atom stereocenters. The summed E-state index contributed by atoms with van der Waals surface area (Å²) in [5, 5.41) is 27.4. The van der Waals surface area contributed by atoms with Crippen LogP contribution in [0.2, 0.25) is 0 Å². The Morgan fingerprint density at radius 1 is 1.11 bits per heavy atom. The second kappa shape index (κ2) is 6.44. The molecule has 0 aliphatic carbocycles. The Kier molecular flexibility index (Phi) is 5.85. The summed E-state index contributed by atoms with van der Waals surface area (Å²) in [6.45, 7) is -0.0878. The molecule has 0 rings (SSSR count). The number of likely N-dealkylation sites (N-methyl/N-ethyl adjacent to an activating group) is 1. The molecule has 0 amide bonds. The fourth-order valence-electron chi connectivity index (χ4n) is 1.68. The summed E-state index contributed by atoms with van der Waals surface area (Å²) in [6.07, 6.45) is 0.928. The lowest BCUT2D eigenvalue weighted by atomic mass is 9.92. The van der Waals surface area contributed by atoms with E-state index < -0.39 is 29.7 Å². The number of carboxylic acid groups (broad SMARTS) is 2. The standard InChI is InChI=1S/C12H19NO6/c1-13(2,3)8-12(19,7-11(17)18)9(14)5-4-6-10(15)16/h4-5,19H,6-8H2,1-3H3,(H-,15,16,17,18)/p+1. The molecule has 0 aliphatic heterocycles. The molecule has 0 aliphatic rings. The van der Waals surface area contributed by atoms with Gasteiger partial charge in [-0.15, -0.1) is 0 Å². The molecule has 0 radical (unpaired) electrons. The minimum absolute atomic E-state index is 0.0878. The van der Waals surface area contributed by atoms with E-state index >= 15 is 0 Å². The van der Waals surface area contributed by atoms with E-state index in [9.17, 15) is 19.5 Å². The molecule has 7 heteroatoms. The number of ketones is 1. The largest absolute Gasteiger partial charge is 0.481 e. The van der Waals surface area contributed by atoms with Gasteiger partial charge in [-0.2, -0.15) is 0 Å². The van der Waals surface area contributed by atoms with E-state index in [0.717, 1.165) is 12.2 Å². The SMILES string of the molecule is C[N+](C)(C)CC(O)(CC(=O)O)C(=O)C=CCC(=O)O.